The summed E-state index contributed by atoms with van der Waals surface area (Å²) in [7, 11) is 1.45. The molecule has 0 saturated carbocycles. The quantitative estimate of drug-likeness (QED) is 0.523. The standard InChI is InChI=1S/C8H8N2O3/c1-3-6-4-7(10(11)12)5-9-8(6)13-2/h3-5H,1H2,2H3. The summed E-state index contributed by atoms with van der Waals surface area (Å²) < 4.78 is 4.87. The average molecular weight is 180 g/mol. The number of hydrogen-bond acceptors (Lipinski definition) is 4. The van der Waals surface area contributed by atoms with Gasteiger partial charge in [0.25, 0.3) is 5.69 Å². The molecule has 0 fully saturated rings. The second-order valence-electron chi connectivity index (χ2n) is 2.25. The third kappa shape index (κ3) is 1.81. The lowest BCUT2D eigenvalue weighted by Gasteiger charge is -2.01. The smallest absolute Gasteiger partial charge is 0.288 e. The average Bonchev–Trinajstić information content (AvgIpc) is 2.16. The van der Waals surface area contributed by atoms with E-state index < -0.39 is 4.92 Å². The molecule has 1 rings (SSSR count). The Morgan fingerprint density at radius 1 is 1.77 bits per heavy atom. The lowest BCUT2D eigenvalue weighted by molar-refractivity contribution is -0.385. The number of nitro groups is 1. The Balaban J connectivity index is 3.20. The van der Waals surface area contributed by atoms with E-state index in [9.17, 15) is 10.1 Å². The molecular weight excluding hydrogens is 172 g/mol. The minimum Gasteiger partial charge on any atom is -0.481 e. The van der Waals surface area contributed by atoms with Gasteiger partial charge in [-0.3, -0.25) is 10.1 Å². The molecule has 1 aromatic rings. The molecule has 5 nitrogen and oxygen atoms in total. The van der Waals surface area contributed by atoms with Crippen LogP contribution in [0.4, 0.5) is 5.69 Å². The Morgan fingerprint density at radius 3 is 2.92 bits per heavy atom. The molecule has 0 N–H and O–H groups in total. The van der Waals surface area contributed by atoms with E-state index in [1.165, 1.54) is 19.3 Å². The van der Waals surface area contributed by atoms with Crippen LogP contribution in [0, 0.1) is 10.1 Å². The maximum atomic E-state index is 10.4. The van der Waals surface area contributed by atoms with Gasteiger partial charge >= 0.3 is 0 Å². The predicted octanol–water partition coefficient (Wildman–Crippen LogP) is 1.64. The second-order valence-corrected chi connectivity index (χ2v) is 2.25. The fourth-order valence-corrected chi connectivity index (χ4v) is 0.874. The largest absolute Gasteiger partial charge is 0.481 e. The molecule has 0 aliphatic carbocycles. The third-order valence-electron chi connectivity index (χ3n) is 1.49. The molecule has 1 heterocycles. The van der Waals surface area contributed by atoms with Crippen molar-refractivity contribution in [1.29, 1.82) is 0 Å². The molecule has 0 unspecified atom stereocenters. The highest BCUT2D eigenvalue weighted by molar-refractivity contribution is 5.56. The van der Waals surface area contributed by atoms with Gasteiger partial charge in [-0.2, -0.15) is 0 Å². The zero-order valence-corrected chi connectivity index (χ0v) is 7.06. The molecule has 0 atom stereocenters. The highest BCUT2D eigenvalue weighted by atomic mass is 16.6. The molecule has 0 bridgehead atoms. The maximum Gasteiger partial charge on any atom is 0.288 e. The molecular formula is C8H8N2O3. The van der Waals surface area contributed by atoms with E-state index in [2.05, 4.69) is 11.6 Å². The normalized spacial score (nSPS) is 9.31. The maximum absolute atomic E-state index is 10.4. The van der Waals surface area contributed by atoms with Gasteiger partial charge < -0.3 is 4.74 Å². The van der Waals surface area contributed by atoms with Gasteiger partial charge in [0.1, 0.15) is 6.20 Å². The van der Waals surface area contributed by atoms with Gasteiger partial charge in [0.15, 0.2) is 0 Å². The van der Waals surface area contributed by atoms with Crippen LogP contribution < -0.4 is 4.74 Å². The first-order valence-corrected chi connectivity index (χ1v) is 3.50. The minimum atomic E-state index is -0.514. The van der Waals surface area contributed by atoms with Gasteiger partial charge in [-0.05, 0) is 0 Å². The zero-order chi connectivity index (χ0) is 9.84. The summed E-state index contributed by atoms with van der Waals surface area (Å²) in [4.78, 5) is 13.6. The van der Waals surface area contributed by atoms with Crippen molar-refractivity contribution in [3.8, 4) is 5.88 Å². The third-order valence-corrected chi connectivity index (χ3v) is 1.49. The molecule has 0 amide bonds. The SMILES string of the molecule is C=Cc1cc([N+](=O)[O-])cnc1OC. The van der Waals surface area contributed by atoms with Crippen LogP contribution in [-0.2, 0) is 0 Å². The van der Waals surface area contributed by atoms with Crippen LogP contribution in [0.15, 0.2) is 18.8 Å². The Bertz CT molecular complexity index is 349. The molecule has 5 heteroatoms. The summed E-state index contributed by atoms with van der Waals surface area (Å²) in [6.45, 7) is 3.50. The van der Waals surface area contributed by atoms with Gasteiger partial charge in [-0.25, -0.2) is 4.98 Å². The topological polar surface area (TPSA) is 65.3 Å². The molecule has 0 radical (unpaired) electrons. The van der Waals surface area contributed by atoms with Crippen molar-refractivity contribution in [2.75, 3.05) is 7.11 Å². The van der Waals surface area contributed by atoms with E-state index in [0.29, 0.717) is 11.4 Å². The van der Waals surface area contributed by atoms with Crippen LogP contribution in [-0.4, -0.2) is 17.0 Å². The van der Waals surface area contributed by atoms with Crippen molar-refractivity contribution in [3.05, 3.63) is 34.5 Å². The van der Waals surface area contributed by atoms with Crippen LogP contribution >= 0.6 is 0 Å². The summed E-state index contributed by atoms with van der Waals surface area (Å²) >= 11 is 0. The summed E-state index contributed by atoms with van der Waals surface area (Å²) in [5.41, 5.74) is 0.437. The molecule has 0 saturated heterocycles. The summed E-state index contributed by atoms with van der Waals surface area (Å²) in [5.74, 6) is 0.334. The molecule has 0 aliphatic heterocycles. The van der Waals surface area contributed by atoms with Gasteiger partial charge in [-0.15, -0.1) is 0 Å². The van der Waals surface area contributed by atoms with Crippen molar-refractivity contribution in [3.63, 3.8) is 0 Å². The molecule has 68 valence electrons. The lowest BCUT2D eigenvalue weighted by Crippen LogP contribution is -1.94. The van der Waals surface area contributed by atoms with Crippen molar-refractivity contribution >= 4 is 11.8 Å². The first-order valence-electron chi connectivity index (χ1n) is 3.50. The van der Waals surface area contributed by atoms with Gasteiger partial charge in [0.05, 0.1) is 12.0 Å². The summed E-state index contributed by atoms with van der Waals surface area (Å²) in [6.07, 6.45) is 2.60. The summed E-state index contributed by atoms with van der Waals surface area (Å²) in [5, 5.41) is 10.4. The van der Waals surface area contributed by atoms with Crippen LogP contribution in [0.1, 0.15) is 5.56 Å². The van der Waals surface area contributed by atoms with Crippen molar-refractivity contribution in [1.82, 2.24) is 4.98 Å². The van der Waals surface area contributed by atoms with Crippen LogP contribution in [0.5, 0.6) is 5.88 Å². The molecule has 1 aromatic heterocycles. The first-order chi connectivity index (χ1) is 6.19. The number of aromatic nitrogens is 1. The highest BCUT2D eigenvalue weighted by Gasteiger charge is 2.09. The molecule has 0 spiro atoms. The zero-order valence-electron chi connectivity index (χ0n) is 7.06. The number of pyridine rings is 1. The van der Waals surface area contributed by atoms with Gasteiger partial charge in [0, 0.05) is 11.6 Å². The fourth-order valence-electron chi connectivity index (χ4n) is 0.874. The molecule has 13 heavy (non-hydrogen) atoms. The number of ether oxygens (including phenoxy) is 1. The van der Waals surface area contributed by atoms with Crippen molar-refractivity contribution < 1.29 is 9.66 Å². The number of rotatable bonds is 3. The van der Waals surface area contributed by atoms with E-state index in [1.54, 1.807) is 0 Å². The Morgan fingerprint density at radius 2 is 2.46 bits per heavy atom. The Kier molecular flexibility index (Phi) is 2.59. The lowest BCUT2D eigenvalue weighted by atomic mass is 10.2. The number of methoxy groups -OCH3 is 1. The summed E-state index contributed by atoms with van der Waals surface area (Å²) in [6, 6.07) is 1.36. The van der Waals surface area contributed by atoms with Gasteiger partial charge in [0.2, 0.25) is 5.88 Å². The molecule has 0 aromatic carbocycles. The first kappa shape index (κ1) is 9.18. The van der Waals surface area contributed by atoms with E-state index in [0.717, 1.165) is 6.20 Å². The van der Waals surface area contributed by atoms with Crippen molar-refractivity contribution in [2.45, 2.75) is 0 Å². The van der Waals surface area contributed by atoms with Crippen LogP contribution in [0.3, 0.4) is 0 Å². The van der Waals surface area contributed by atoms with E-state index in [4.69, 9.17) is 4.74 Å². The number of hydrogen-bond donors (Lipinski definition) is 0. The van der Waals surface area contributed by atoms with Gasteiger partial charge in [-0.1, -0.05) is 12.7 Å². The van der Waals surface area contributed by atoms with E-state index >= 15 is 0 Å². The second kappa shape index (κ2) is 3.66. The fraction of sp³-hybridized carbons (Fsp3) is 0.125. The van der Waals surface area contributed by atoms with E-state index in [-0.39, 0.29) is 5.69 Å². The minimum absolute atomic E-state index is 0.0734. The Hall–Kier alpha value is -1.91. The number of nitrogens with zero attached hydrogens (tertiary/aromatic N) is 2. The van der Waals surface area contributed by atoms with E-state index in [1.807, 2.05) is 0 Å². The van der Waals surface area contributed by atoms with Crippen molar-refractivity contribution in [2.24, 2.45) is 0 Å². The highest BCUT2D eigenvalue weighted by Crippen LogP contribution is 2.21. The monoisotopic (exact) mass is 180 g/mol. The molecule has 0 aliphatic rings. The Labute approximate surface area is 74.8 Å². The predicted molar refractivity (Wildman–Crippen MR) is 47.5 cm³/mol. The van der Waals surface area contributed by atoms with Crippen LogP contribution in [0.2, 0.25) is 0 Å². The van der Waals surface area contributed by atoms with Crippen LogP contribution in [0.25, 0.3) is 6.08 Å².